The summed E-state index contributed by atoms with van der Waals surface area (Å²) in [6.45, 7) is 7.32. The number of fused-ring (bicyclic) bond motifs is 4. The number of aliphatic hydroxyl groups is 2. The van der Waals surface area contributed by atoms with Crippen molar-refractivity contribution in [2.24, 2.45) is 11.8 Å². The summed E-state index contributed by atoms with van der Waals surface area (Å²) >= 11 is 0. The number of carboxylic acids is 1. The number of aliphatic carboxylic acids is 1. The van der Waals surface area contributed by atoms with Crippen molar-refractivity contribution in [1.82, 2.24) is 9.88 Å². The molecule has 0 aliphatic carbocycles. The number of methoxy groups -OCH3 is 1. The smallest absolute Gasteiger partial charge is 0.340 e. The third-order valence-corrected chi connectivity index (χ3v) is 7.57. The second-order valence-electron chi connectivity index (χ2n) is 9.72. The Bertz CT molecular complexity index is 1210. The molecule has 36 heavy (non-hydrogen) atoms. The van der Waals surface area contributed by atoms with Crippen LogP contribution in [0.1, 0.15) is 37.0 Å². The van der Waals surface area contributed by atoms with Gasteiger partial charge >= 0.3 is 5.97 Å². The average Bonchev–Trinajstić information content (AvgIpc) is 2.92. The first kappa shape index (κ1) is 25.8. The number of piperidine rings is 3. The molecule has 6 unspecified atom stereocenters. The van der Waals surface area contributed by atoms with Gasteiger partial charge < -0.3 is 20.1 Å². The largest absolute Gasteiger partial charge is 0.497 e. The molecule has 7 nitrogen and oxygen atoms in total. The van der Waals surface area contributed by atoms with E-state index in [9.17, 15) is 15.0 Å². The van der Waals surface area contributed by atoms with Crippen molar-refractivity contribution in [3.8, 4) is 5.75 Å². The number of benzene rings is 2. The minimum absolute atomic E-state index is 0.178. The summed E-state index contributed by atoms with van der Waals surface area (Å²) < 4.78 is 5.35. The summed E-state index contributed by atoms with van der Waals surface area (Å²) in [5.41, 5.74) is 0.442. The zero-order chi connectivity index (χ0) is 25.9. The van der Waals surface area contributed by atoms with E-state index in [0.717, 1.165) is 41.7 Å². The van der Waals surface area contributed by atoms with Crippen LogP contribution in [0.25, 0.3) is 10.9 Å². The van der Waals surface area contributed by atoms with E-state index in [1.54, 1.807) is 43.6 Å². The molecule has 1 aromatic heterocycles. The van der Waals surface area contributed by atoms with Gasteiger partial charge in [0.2, 0.25) is 0 Å². The standard InChI is InChI=1S/C20H24N2O2.C9H10O3/c1-3-13-12-22-9-7-14(13)10-19(22)20(23)16-6-8-21-18-5-4-15(24-2)11-17(16)18;1-9(12,8(10)11)7-5-3-2-4-6-7/h3-6,8,11,13-14,19-20,23H,1,7,9-10,12H2,2H3;2-6,12H,1H3,(H,10,11). The number of carbonyl (C=O) groups is 1. The first-order valence-electron chi connectivity index (χ1n) is 12.2. The van der Waals surface area contributed by atoms with Crippen LogP contribution in [0.2, 0.25) is 0 Å². The van der Waals surface area contributed by atoms with Crippen LogP contribution in [0.15, 0.2) is 73.4 Å². The molecule has 0 spiro atoms. The molecule has 7 heteroatoms. The van der Waals surface area contributed by atoms with Gasteiger partial charge in [0.15, 0.2) is 5.60 Å². The fourth-order valence-electron chi connectivity index (χ4n) is 5.33. The number of aliphatic hydroxyl groups excluding tert-OH is 1. The molecule has 2 aromatic carbocycles. The molecule has 6 rings (SSSR count). The molecule has 3 N–H and O–H groups in total. The van der Waals surface area contributed by atoms with Gasteiger partial charge in [-0.15, -0.1) is 6.58 Å². The van der Waals surface area contributed by atoms with Crippen LogP contribution in [-0.4, -0.2) is 57.4 Å². The van der Waals surface area contributed by atoms with E-state index in [1.165, 1.54) is 13.3 Å². The maximum absolute atomic E-state index is 11.2. The first-order chi connectivity index (χ1) is 17.3. The van der Waals surface area contributed by atoms with Gasteiger partial charge in [0, 0.05) is 24.2 Å². The lowest BCUT2D eigenvalue weighted by Gasteiger charge is -2.50. The molecule has 0 amide bonds. The van der Waals surface area contributed by atoms with Gasteiger partial charge in [-0.1, -0.05) is 36.4 Å². The number of ether oxygens (including phenoxy) is 1. The Morgan fingerprint density at radius 1 is 1.25 bits per heavy atom. The van der Waals surface area contributed by atoms with Crippen molar-refractivity contribution in [3.63, 3.8) is 0 Å². The normalized spacial score (nSPS) is 25.2. The summed E-state index contributed by atoms with van der Waals surface area (Å²) in [5, 5.41) is 30.2. The molecule has 3 aliphatic rings. The molecule has 4 heterocycles. The molecule has 6 atom stereocenters. The van der Waals surface area contributed by atoms with E-state index in [2.05, 4.69) is 22.5 Å². The van der Waals surface area contributed by atoms with E-state index < -0.39 is 17.7 Å². The van der Waals surface area contributed by atoms with Crippen molar-refractivity contribution in [3.05, 3.63) is 84.6 Å². The van der Waals surface area contributed by atoms with Crippen molar-refractivity contribution in [2.75, 3.05) is 20.2 Å². The summed E-state index contributed by atoms with van der Waals surface area (Å²) in [4.78, 5) is 17.4. The van der Waals surface area contributed by atoms with Gasteiger partial charge in [-0.25, -0.2) is 4.79 Å². The van der Waals surface area contributed by atoms with Gasteiger partial charge in [-0.2, -0.15) is 0 Å². The fraction of sp³-hybridized carbons (Fsp3) is 0.379. The molecule has 3 saturated heterocycles. The van der Waals surface area contributed by atoms with E-state index in [4.69, 9.17) is 9.84 Å². The van der Waals surface area contributed by atoms with Crippen LogP contribution in [0.5, 0.6) is 5.75 Å². The van der Waals surface area contributed by atoms with E-state index in [-0.39, 0.29) is 6.04 Å². The predicted octanol–water partition coefficient (Wildman–Crippen LogP) is 4.15. The van der Waals surface area contributed by atoms with Gasteiger partial charge in [0.05, 0.1) is 18.7 Å². The minimum Gasteiger partial charge on any atom is -0.497 e. The summed E-state index contributed by atoms with van der Waals surface area (Å²) in [6.07, 6.45) is 5.62. The number of hydrogen-bond donors (Lipinski definition) is 3. The molecule has 2 bridgehead atoms. The molecule has 3 aromatic rings. The van der Waals surface area contributed by atoms with Crippen LogP contribution in [0.3, 0.4) is 0 Å². The molecule has 3 aliphatic heterocycles. The third kappa shape index (κ3) is 5.14. The Labute approximate surface area is 211 Å². The number of nitrogens with zero attached hydrogens (tertiary/aromatic N) is 2. The van der Waals surface area contributed by atoms with Crippen LogP contribution in [-0.2, 0) is 10.4 Å². The number of rotatable bonds is 6. The minimum atomic E-state index is -1.79. The lowest BCUT2D eigenvalue weighted by molar-refractivity contribution is -0.157. The maximum Gasteiger partial charge on any atom is 0.340 e. The maximum atomic E-state index is 11.2. The Morgan fingerprint density at radius 2 is 2.00 bits per heavy atom. The SMILES string of the molecule is C=CC1CN2CCC1CC2C(O)c1ccnc2ccc(OC)cc12.CC(O)(C(=O)O)c1ccccc1. The Hall–Kier alpha value is -3.26. The average molecular weight is 491 g/mol. The summed E-state index contributed by atoms with van der Waals surface area (Å²) in [6, 6.07) is 16.3. The highest BCUT2D eigenvalue weighted by molar-refractivity contribution is 5.84. The van der Waals surface area contributed by atoms with Crippen LogP contribution >= 0.6 is 0 Å². The monoisotopic (exact) mass is 490 g/mol. The zero-order valence-electron chi connectivity index (χ0n) is 20.7. The summed E-state index contributed by atoms with van der Waals surface area (Å²) in [7, 11) is 1.66. The molecule has 0 radical (unpaired) electrons. The van der Waals surface area contributed by atoms with Crippen LogP contribution in [0, 0.1) is 11.8 Å². The number of hydrogen-bond acceptors (Lipinski definition) is 6. The zero-order valence-corrected chi connectivity index (χ0v) is 20.7. The molecule has 0 saturated carbocycles. The second kappa shape index (κ2) is 10.8. The van der Waals surface area contributed by atoms with E-state index in [1.807, 2.05) is 24.3 Å². The quantitative estimate of drug-likeness (QED) is 0.446. The highest BCUT2D eigenvalue weighted by Crippen LogP contribution is 2.42. The number of pyridine rings is 1. The Balaban J connectivity index is 0.000000214. The Morgan fingerprint density at radius 3 is 2.61 bits per heavy atom. The lowest BCUT2D eigenvalue weighted by atomic mass is 9.73. The fourth-order valence-corrected chi connectivity index (χ4v) is 5.33. The molecular formula is C29H34N2O5. The lowest BCUT2D eigenvalue weighted by Crippen LogP contribution is -2.54. The second-order valence-corrected chi connectivity index (χ2v) is 9.72. The summed E-state index contributed by atoms with van der Waals surface area (Å²) in [5.74, 6) is 0.765. The highest BCUT2D eigenvalue weighted by atomic mass is 16.5. The topological polar surface area (TPSA) is 103 Å². The van der Waals surface area contributed by atoms with Gasteiger partial charge in [0.25, 0.3) is 0 Å². The van der Waals surface area contributed by atoms with E-state index in [0.29, 0.717) is 17.4 Å². The van der Waals surface area contributed by atoms with Crippen molar-refractivity contribution < 1.29 is 24.9 Å². The van der Waals surface area contributed by atoms with Gasteiger partial charge in [-0.3, -0.25) is 9.88 Å². The van der Waals surface area contributed by atoms with Crippen molar-refractivity contribution in [2.45, 2.75) is 37.5 Å². The van der Waals surface area contributed by atoms with Crippen LogP contribution < -0.4 is 4.74 Å². The Kier molecular flexibility index (Phi) is 7.73. The first-order valence-corrected chi connectivity index (χ1v) is 12.2. The molecular weight excluding hydrogens is 456 g/mol. The number of carboxylic acid groups (broad SMARTS) is 1. The van der Waals surface area contributed by atoms with Crippen molar-refractivity contribution >= 4 is 16.9 Å². The highest BCUT2D eigenvalue weighted by Gasteiger charge is 2.42. The predicted molar refractivity (Wildman–Crippen MR) is 139 cm³/mol. The molecule has 190 valence electrons. The van der Waals surface area contributed by atoms with E-state index >= 15 is 0 Å². The number of aromatic nitrogens is 1. The van der Waals surface area contributed by atoms with Crippen LogP contribution in [0.4, 0.5) is 0 Å². The van der Waals surface area contributed by atoms with Crippen molar-refractivity contribution in [1.29, 1.82) is 0 Å². The van der Waals surface area contributed by atoms with Gasteiger partial charge in [0.1, 0.15) is 5.75 Å². The third-order valence-electron chi connectivity index (χ3n) is 7.57. The van der Waals surface area contributed by atoms with Gasteiger partial charge in [-0.05, 0) is 73.5 Å². The molecule has 3 fully saturated rings.